The molecule has 0 N–H and O–H groups in total. The summed E-state index contributed by atoms with van der Waals surface area (Å²) in [6.45, 7) is 4.07. The molecule has 138 valence electrons. The third kappa shape index (κ3) is 2.73. The van der Waals surface area contributed by atoms with Gasteiger partial charge < -0.3 is 0 Å². The average molecular weight is 344 g/mol. The highest BCUT2D eigenvalue weighted by atomic mass is 17.2. The molecule has 5 saturated carbocycles. The highest BCUT2D eigenvalue weighted by molar-refractivity contribution is 5.82. The molecule has 3 nitrogen and oxygen atoms in total. The molecule has 5 aliphatic carbocycles. The van der Waals surface area contributed by atoms with E-state index in [1.54, 1.807) is 0 Å². The van der Waals surface area contributed by atoms with Gasteiger partial charge in [0.25, 0.3) is 0 Å². The molecule has 1 aliphatic heterocycles. The van der Waals surface area contributed by atoms with Crippen molar-refractivity contribution < 1.29 is 14.6 Å². The van der Waals surface area contributed by atoms with E-state index in [0.29, 0.717) is 17.6 Å². The van der Waals surface area contributed by atoms with Crippen LogP contribution in [0.4, 0.5) is 0 Å². The Morgan fingerprint density at radius 1 is 1.08 bits per heavy atom. The van der Waals surface area contributed by atoms with E-state index in [9.17, 15) is 4.79 Å². The smallest absolute Gasteiger partial charge is 0.138 e. The van der Waals surface area contributed by atoms with Crippen LogP contribution in [0.2, 0.25) is 0 Å². The molecule has 6 bridgehead atoms. The second-order valence-electron chi connectivity index (χ2n) is 10.3. The van der Waals surface area contributed by atoms with Gasteiger partial charge in [-0.15, -0.1) is 0 Å². The molecule has 6 aliphatic rings. The zero-order chi connectivity index (χ0) is 17.2. The molecule has 1 heterocycles. The van der Waals surface area contributed by atoms with Crippen molar-refractivity contribution in [1.82, 2.24) is 0 Å². The van der Waals surface area contributed by atoms with Crippen LogP contribution >= 0.6 is 0 Å². The predicted molar refractivity (Wildman–Crippen MR) is 95.6 cm³/mol. The fourth-order valence-electron chi connectivity index (χ4n) is 7.24. The minimum absolute atomic E-state index is 0.0168. The van der Waals surface area contributed by atoms with Crippen molar-refractivity contribution in [3.8, 4) is 0 Å². The highest BCUT2D eigenvalue weighted by Gasteiger charge is 2.51. The number of carbonyl (C=O) groups excluding carboxylic acids is 1. The molecule has 0 aromatic rings. The molecular weight excluding hydrogens is 312 g/mol. The summed E-state index contributed by atoms with van der Waals surface area (Å²) >= 11 is 0. The maximum absolute atomic E-state index is 12.2. The van der Waals surface area contributed by atoms with Gasteiger partial charge in [0.15, 0.2) is 0 Å². The molecule has 0 spiro atoms. The van der Waals surface area contributed by atoms with Gasteiger partial charge in [-0.3, -0.25) is 4.79 Å². The van der Waals surface area contributed by atoms with E-state index < -0.39 is 5.60 Å². The lowest BCUT2D eigenvalue weighted by atomic mass is 9.49. The van der Waals surface area contributed by atoms with Crippen LogP contribution in [0.3, 0.4) is 0 Å². The van der Waals surface area contributed by atoms with Crippen molar-refractivity contribution in [3.05, 3.63) is 12.2 Å². The van der Waals surface area contributed by atoms with Crippen molar-refractivity contribution in [1.29, 1.82) is 0 Å². The van der Waals surface area contributed by atoms with Gasteiger partial charge >= 0.3 is 0 Å². The van der Waals surface area contributed by atoms with Gasteiger partial charge in [-0.25, -0.2) is 9.78 Å². The van der Waals surface area contributed by atoms with E-state index in [0.717, 1.165) is 24.2 Å². The third-order valence-electron chi connectivity index (χ3n) is 8.36. The van der Waals surface area contributed by atoms with Crippen LogP contribution < -0.4 is 0 Å². The largest absolute Gasteiger partial charge is 0.299 e. The van der Waals surface area contributed by atoms with Gasteiger partial charge in [-0.2, -0.15) is 0 Å². The molecule has 4 atom stereocenters. The Balaban J connectivity index is 1.28. The van der Waals surface area contributed by atoms with Crippen LogP contribution in [0, 0.1) is 35.0 Å². The maximum Gasteiger partial charge on any atom is 0.138 e. The Hall–Kier alpha value is -0.670. The summed E-state index contributed by atoms with van der Waals surface area (Å²) in [5, 5.41) is 0. The topological polar surface area (TPSA) is 35.5 Å². The van der Waals surface area contributed by atoms with Crippen molar-refractivity contribution >= 4 is 5.78 Å². The molecule has 0 amide bonds. The number of hydrogen-bond donors (Lipinski definition) is 0. The van der Waals surface area contributed by atoms with Crippen molar-refractivity contribution in [2.75, 3.05) is 0 Å². The molecule has 0 radical (unpaired) electrons. The van der Waals surface area contributed by atoms with Crippen LogP contribution in [0.5, 0.6) is 0 Å². The highest BCUT2D eigenvalue weighted by Crippen LogP contribution is 2.61. The number of allylic oxidation sites excluding steroid dienone is 1. The number of ketones is 1. The van der Waals surface area contributed by atoms with Crippen LogP contribution in [-0.4, -0.2) is 17.5 Å². The van der Waals surface area contributed by atoms with Gasteiger partial charge in [-0.05, 0) is 81.5 Å². The number of carbonyl (C=O) groups is 1. The number of Topliss-reactive ketones (excluding diaryl/α,β-unsaturated/α-hetero) is 1. The molecule has 0 aromatic heterocycles. The van der Waals surface area contributed by atoms with Crippen LogP contribution in [0.1, 0.15) is 71.6 Å². The quantitative estimate of drug-likeness (QED) is 0.542. The molecule has 3 heteroatoms. The number of fused-ring (bicyclic) bond motifs is 2. The molecule has 6 rings (SSSR count). The van der Waals surface area contributed by atoms with Crippen molar-refractivity contribution in [2.24, 2.45) is 35.0 Å². The van der Waals surface area contributed by atoms with Crippen LogP contribution in [0.25, 0.3) is 0 Å². The van der Waals surface area contributed by atoms with Crippen LogP contribution in [-0.2, 0) is 14.6 Å². The van der Waals surface area contributed by atoms with E-state index in [4.69, 9.17) is 9.78 Å². The lowest BCUT2D eigenvalue weighted by molar-refractivity contribution is -0.415. The Labute approximate surface area is 151 Å². The van der Waals surface area contributed by atoms with Crippen molar-refractivity contribution in [2.45, 2.75) is 83.3 Å². The minimum Gasteiger partial charge on any atom is -0.299 e. The summed E-state index contributed by atoms with van der Waals surface area (Å²) in [6.07, 6.45) is 16.2. The second-order valence-corrected chi connectivity index (χ2v) is 10.3. The average Bonchev–Trinajstić information content (AvgIpc) is 2.54. The zero-order valence-electron chi connectivity index (χ0n) is 15.7. The minimum atomic E-state index is -0.436. The SMILES string of the molecule is C[C@H]1C(=O)C[C@@H]2C[C@H]1OO[C@@]2(C)/C=C\CC12CC3CC(CC(C3)C1)C2. The summed E-state index contributed by atoms with van der Waals surface area (Å²) < 4.78 is 0. The van der Waals surface area contributed by atoms with Gasteiger partial charge in [-0.1, -0.05) is 19.1 Å². The zero-order valence-corrected chi connectivity index (χ0v) is 15.7. The molecular formula is C22H32O3. The maximum atomic E-state index is 12.2. The molecule has 0 aromatic carbocycles. The number of rotatable bonds is 3. The van der Waals surface area contributed by atoms with E-state index in [-0.39, 0.29) is 17.9 Å². The first-order chi connectivity index (χ1) is 11.9. The Bertz CT molecular complexity index is 559. The van der Waals surface area contributed by atoms with Gasteiger partial charge in [0, 0.05) is 18.3 Å². The molecule has 25 heavy (non-hydrogen) atoms. The van der Waals surface area contributed by atoms with Crippen molar-refractivity contribution in [3.63, 3.8) is 0 Å². The van der Waals surface area contributed by atoms with E-state index in [1.807, 2.05) is 6.92 Å². The lowest BCUT2D eigenvalue weighted by Gasteiger charge is -2.57. The standard InChI is InChI=1S/C22H32O3/c1-14-19(23)9-18-10-20(14)24-25-21(18,2)4-3-5-22-11-15-6-16(12-22)8-17(7-15)13-22/h3-4,14-18,20H,5-13H2,1-2H3/b4-3-/t14-,15?,16?,17?,18+,20+,21-,22?/m0/s1. The summed E-state index contributed by atoms with van der Waals surface area (Å²) in [5.74, 6) is 3.60. The second kappa shape index (κ2) is 5.66. The summed E-state index contributed by atoms with van der Waals surface area (Å²) in [5.41, 5.74) is 0.130. The fraction of sp³-hybridized carbons (Fsp3) is 0.864. The Morgan fingerprint density at radius 2 is 1.72 bits per heavy atom. The van der Waals surface area contributed by atoms with Gasteiger partial charge in [0.2, 0.25) is 0 Å². The summed E-state index contributed by atoms with van der Waals surface area (Å²) in [7, 11) is 0. The fourth-order valence-corrected chi connectivity index (χ4v) is 7.24. The third-order valence-corrected chi connectivity index (χ3v) is 8.36. The normalized spacial score (nSPS) is 54.4. The van der Waals surface area contributed by atoms with Gasteiger partial charge in [0.1, 0.15) is 17.5 Å². The lowest BCUT2D eigenvalue weighted by Crippen LogP contribution is -2.52. The predicted octanol–water partition coefficient (Wildman–Crippen LogP) is 4.85. The summed E-state index contributed by atoms with van der Waals surface area (Å²) in [6, 6.07) is 0. The molecule has 0 unspecified atom stereocenters. The number of hydrogen-bond acceptors (Lipinski definition) is 3. The monoisotopic (exact) mass is 344 g/mol. The first-order valence-electron chi connectivity index (χ1n) is 10.5. The Morgan fingerprint density at radius 3 is 2.36 bits per heavy atom. The first kappa shape index (κ1) is 16.5. The van der Waals surface area contributed by atoms with Crippen LogP contribution in [0.15, 0.2) is 12.2 Å². The van der Waals surface area contributed by atoms with Gasteiger partial charge in [0.05, 0.1) is 0 Å². The van der Waals surface area contributed by atoms with E-state index in [2.05, 4.69) is 19.1 Å². The molecule has 6 fully saturated rings. The van der Waals surface area contributed by atoms with E-state index >= 15 is 0 Å². The van der Waals surface area contributed by atoms with E-state index in [1.165, 1.54) is 44.9 Å². The molecule has 1 saturated heterocycles. The summed E-state index contributed by atoms with van der Waals surface area (Å²) in [4.78, 5) is 23.7. The first-order valence-corrected chi connectivity index (χ1v) is 10.5. The Kier molecular flexibility index (Phi) is 3.74.